The average Bonchev–Trinajstić information content (AvgIpc) is 2.83. The Morgan fingerprint density at radius 2 is 2.33 bits per heavy atom. The summed E-state index contributed by atoms with van der Waals surface area (Å²) in [6.07, 6.45) is 1.87. The van der Waals surface area contributed by atoms with Crippen molar-refractivity contribution in [3.05, 3.63) is 22.3 Å². The molecule has 0 unspecified atom stereocenters. The molecule has 0 fully saturated rings. The second kappa shape index (κ2) is 4.83. The van der Waals surface area contributed by atoms with Crippen molar-refractivity contribution in [3.63, 3.8) is 0 Å². The van der Waals surface area contributed by atoms with Gasteiger partial charge >= 0.3 is 0 Å². The van der Waals surface area contributed by atoms with Gasteiger partial charge in [0.25, 0.3) is 0 Å². The molecule has 0 spiro atoms. The fourth-order valence-electron chi connectivity index (χ4n) is 1.26. The van der Waals surface area contributed by atoms with Gasteiger partial charge in [0.05, 0.1) is 16.1 Å². The largest absolute Gasteiger partial charge is 0.312 e. The molecule has 5 heteroatoms. The Labute approximate surface area is 97.2 Å². The number of nitrogens with one attached hydrogen (secondary N) is 1. The van der Waals surface area contributed by atoms with E-state index in [2.05, 4.69) is 29.1 Å². The van der Waals surface area contributed by atoms with Crippen molar-refractivity contribution in [2.24, 2.45) is 0 Å². The number of aromatic nitrogens is 2. The second-order valence-corrected chi connectivity index (χ2v) is 5.14. The molecule has 0 saturated heterocycles. The minimum atomic E-state index is 0.915. The van der Waals surface area contributed by atoms with Crippen LogP contribution < -0.4 is 5.32 Å². The van der Waals surface area contributed by atoms with Crippen LogP contribution in [0.2, 0.25) is 0 Å². The van der Waals surface area contributed by atoms with Gasteiger partial charge in [0.15, 0.2) is 0 Å². The lowest BCUT2D eigenvalue weighted by Gasteiger charge is -1.97. The van der Waals surface area contributed by atoms with Gasteiger partial charge in [0.2, 0.25) is 0 Å². The van der Waals surface area contributed by atoms with E-state index in [9.17, 15) is 0 Å². The Morgan fingerprint density at radius 3 is 3.00 bits per heavy atom. The molecule has 0 radical (unpaired) electrons. The first kappa shape index (κ1) is 10.7. The zero-order chi connectivity index (χ0) is 10.7. The summed E-state index contributed by atoms with van der Waals surface area (Å²) in [6.45, 7) is 6.08. The smallest absolute Gasteiger partial charge is 0.135 e. The molecule has 2 aromatic heterocycles. The highest BCUT2D eigenvalue weighted by Gasteiger charge is 2.09. The van der Waals surface area contributed by atoms with Gasteiger partial charge in [0, 0.05) is 17.6 Å². The zero-order valence-corrected chi connectivity index (χ0v) is 10.4. The van der Waals surface area contributed by atoms with Gasteiger partial charge in [-0.1, -0.05) is 6.92 Å². The van der Waals surface area contributed by atoms with Crippen molar-refractivity contribution in [2.75, 3.05) is 6.54 Å². The van der Waals surface area contributed by atoms with E-state index in [4.69, 9.17) is 0 Å². The summed E-state index contributed by atoms with van der Waals surface area (Å²) in [5.41, 5.74) is 2.97. The molecule has 2 heterocycles. The minimum Gasteiger partial charge on any atom is -0.312 e. The van der Waals surface area contributed by atoms with E-state index in [-0.39, 0.29) is 0 Å². The van der Waals surface area contributed by atoms with Crippen LogP contribution in [0, 0.1) is 6.92 Å². The van der Waals surface area contributed by atoms with Gasteiger partial charge in [-0.15, -0.1) is 22.7 Å². The average molecular weight is 239 g/mol. The molecule has 0 aliphatic carbocycles. The molecule has 2 aromatic rings. The molecular weight excluding hydrogens is 226 g/mol. The monoisotopic (exact) mass is 239 g/mol. The second-order valence-electron chi connectivity index (χ2n) is 3.17. The minimum absolute atomic E-state index is 0.915. The summed E-state index contributed by atoms with van der Waals surface area (Å²) in [5, 5.41) is 4.41. The van der Waals surface area contributed by atoms with Crippen LogP contribution >= 0.6 is 22.7 Å². The van der Waals surface area contributed by atoms with Gasteiger partial charge in [-0.25, -0.2) is 4.98 Å². The molecule has 3 nitrogen and oxygen atoms in total. The molecule has 1 N–H and O–H groups in total. The van der Waals surface area contributed by atoms with Crippen molar-refractivity contribution in [2.45, 2.75) is 20.4 Å². The summed E-state index contributed by atoms with van der Waals surface area (Å²) >= 11 is 3.39. The quantitative estimate of drug-likeness (QED) is 0.891. The lowest BCUT2D eigenvalue weighted by atomic mass is 10.4. The Morgan fingerprint density at radius 1 is 1.47 bits per heavy atom. The number of thiazole rings is 2. The summed E-state index contributed by atoms with van der Waals surface area (Å²) in [6, 6.07) is 0. The first-order valence-corrected chi connectivity index (χ1v) is 6.56. The van der Waals surface area contributed by atoms with Gasteiger partial charge in [0.1, 0.15) is 5.01 Å². The molecule has 0 saturated carbocycles. The van der Waals surface area contributed by atoms with E-state index in [1.165, 1.54) is 4.88 Å². The van der Waals surface area contributed by atoms with Crippen molar-refractivity contribution in [1.82, 2.24) is 15.3 Å². The van der Waals surface area contributed by atoms with E-state index < -0.39 is 0 Å². The molecule has 2 rings (SSSR count). The highest BCUT2D eigenvalue weighted by atomic mass is 32.1. The highest BCUT2D eigenvalue weighted by Crippen LogP contribution is 2.29. The van der Waals surface area contributed by atoms with E-state index >= 15 is 0 Å². The van der Waals surface area contributed by atoms with Crippen molar-refractivity contribution < 1.29 is 0 Å². The van der Waals surface area contributed by atoms with E-state index in [0.29, 0.717) is 0 Å². The zero-order valence-electron chi connectivity index (χ0n) is 8.78. The highest BCUT2D eigenvalue weighted by molar-refractivity contribution is 7.20. The Balaban J connectivity index is 2.21. The van der Waals surface area contributed by atoms with Crippen molar-refractivity contribution in [3.8, 4) is 9.88 Å². The maximum Gasteiger partial charge on any atom is 0.135 e. The van der Waals surface area contributed by atoms with Crippen LogP contribution in [0.25, 0.3) is 9.88 Å². The first-order chi connectivity index (χ1) is 7.31. The molecule has 15 heavy (non-hydrogen) atoms. The van der Waals surface area contributed by atoms with Crippen LogP contribution in [0.5, 0.6) is 0 Å². The number of hydrogen-bond acceptors (Lipinski definition) is 5. The predicted molar refractivity (Wildman–Crippen MR) is 65.3 cm³/mol. The van der Waals surface area contributed by atoms with Crippen LogP contribution in [0.15, 0.2) is 11.7 Å². The van der Waals surface area contributed by atoms with Gasteiger partial charge in [-0.2, -0.15) is 0 Å². The summed E-state index contributed by atoms with van der Waals surface area (Å²) in [7, 11) is 0. The van der Waals surface area contributed by atoms with Crippen LogP contribution in [-0.4, -0.2) is 16.5 Å². The molecular formula is C10H13N3S2. The van der Waals surface area contributed by atoms with Crippen LogP contribution in [-0.2, 0) is 6.54 Å². The van der Waals surface area contributed by atoms with E-state index in [1.807, 2.05) is 11.7 Å². The third-order valence-corrected chi connectivity index (χ3v) is 4.17. The summed E-state index contributed by atoms with van der Waals surface area (Å²) in [4.78, 5) is 11.1. The molecule has 0 atom stereocenters. The van der Waals surface area contributed by atoms with Gasteiger partial charge in [-0.3, -0.25) is 4.98 Å². The van der Waals surface area contributed by atoms with E-state index in [0.717, 1.165) is 28.7 Å². The number of nitrogens with zero attached hydrogens (tertiary/aromatic N) is 2. The fraction of sp³-hybridized carbons (Fsp3) is 0.400. The normalized spacial score (nSPS) is 10.8. The van der Waals surface area contributed by atoms with Crippen LogP contribution in [0.1, 0.15) is 17.5 Å². The Kier molecular flexibility index (Phi) is 3.45. The van der Waals surface area contributed by atoms with Crippen molar-refractivity contribution >= 4 is 22.7 Å². The molecule has 0 aliphatic heterocycles. The third-order valence-electron chi connectivity index (χ3n) is 2.07. The summed E-state index contributed by atoms with van der Waals surface area (Å²) in [5.74, 6) is 0. The number of rotatable bonds is 4. The maximum absolute atomic E-state index is 4.55. The molecule has 0 aliphatic rings. The number of aryl methyl sites for hydroxylation is 1. The molecule has 0 bridgehead atoms. The van der Waals surface area contributed by atoms with Gasteiger partial charge in [-0.05, 0) is 13.5 Å². The number of hydrogen-bond donors (Lipinski definition) is 1. The molecule has 0 amide bonds. The first-order valence-electron chi connectivity index (χ1n) is 4.87. The van der Waals surface area contributed by atoms with Crippen LogP contribution in [0.4, 0.5) is 0 Å². The fourth-order valence-corrected chi connectivity index (χ4v) is 2.97. The molecule has 0 aromatic carbocycles. The summed E-state index contributed by atoms with van der Waals surface area (Å²) < 4.78 is 0. The standard InChI is InChI=1S/C10H13N3S2/c1-3-11-4-8-7(2)13-10(15-8)9-5-12-6-14-9/h5-6,11H,3-4H2,1-2H3. The molecule has 80 valence electrons. The van der Waals surface area contributed by atoms with Gasteiger partial charge < -0.3 is 5.32 Å². The van der Waals surface area contributed by atoms with Crippen molar-refractivity contribution in [1.29, 1.82) is 0 Å². The lowest BCUT2D eigenvalue weighted by molar-refractivity contribution is 0.731. The van der Waals surface area contributed by atoms with E-state index in [1.54, 1.807) is 22.7 Å². The Bertz CT molecular complexity index is 420. The topological polar surface area (TPSA) is 37.8 Å². The predicted octanol–water partition coefficient (Wildman–Crippen LogP) is 2.68. The Hall–Kier alpha value is -0.780. The van der Waals surface area contributed by atoms with Crippen LogP contribution in [0.3, 0.4) is 0 Å². The maximum atomic E-state index is 4.55. The lowest BCUT2D eigenvalue weighted by Crippen LogP contribution is -2.11. The SMILES string of the molecule is CCNCc1sc(-c2cncs2)nc1C. The third kappa shape index (κ3) is 2.42.